The molecule has 3 rings (SSSR count). The summed E-state index contributed by atoms with van der Waals surface area (Å²) < 4.78 is 0. The van der Waals surface area contributed by atoms with E-state index in [-0.39, 0.29) is 11.9 Å². The minimum atomic E-state index is -0.0749. The lowest BCUT2D eigenvalue weighted by atomic mass is 9.87. The highest BCUT2D eigenvalue weighted by molar-refractivity contribution is 5.98. The van der Waals surface area contributed by atoms with Crippen molar-refractivity contribution in [3.05, 3.63) is 59.3 Å². The number of rotatable bonds is 3. The smallest absolute Gasteiger partial charge is 0.255 e. The molecule has 1 aliphatic carbocycles. The summed E-state index contributed by atoms with van der Waals surface area (Å²) in [5.74, 6) is 0.535. The van der Waals surface area contributed by atoms with Gasteiger partial charge in [-0.3, -0.25) is 4.79 Å². The summed E-state index contributed by atoms with van der Waals surface area (Å²) in [5.41, 5.74) is 3.17. The lowest BCUT2D eigenvalue weighted by Crippen LogP contribution is -2.31. The molecule has 1 aliphatic rings. The molecule has 4 heteroatoms. The molecule has 1 aromatic carbocycles. The molecular formula is C17H19N3O. The zero-order chi connectivity index (χ0) is 14.7. The topological polar surface area (TPSA) is 54.0 Å². The van der Waals surface area contributed by atoms with Crippen molar-refractivity contribution in [2.75, 3.05) is 12.4 Å². The second-order valence-electron chi connectivity index (χ2n) is 5.27. The van der Waals surface area contributed by atoms with E-state index in [4.69, 9.17) is 0 Å². The Hall–Kier alpha value is -2.36. The summed E-state index contributed by atoms with van der Waals surface area (Å²) in [4.78, 5) is 16.7. The Kier molecular flexibility index (Phi) is 3.86. The molecule has 21 heavy (non-hydrogen) atoms. The van der Waals surface area contributed by atoms with Crippen LogP contribution in [0.25, 0.3) is 0 Å². The summed E-state index contributed by atoms with van der Waals surface area (Å²) in [6.45, 7) is 0. The van der Waals surface area contributed by atoms with Crippen molar-refractivity contribution in [2.45, 2.75) is 25.3 Å². The minimum Gasteiger partial charge on any atom is -0.372 e. The number of aryl methyl sites for hydroxylation is 1. The standard InChI is InChI=1S/C17H19N3O/c1-18-16-14(9-5-11-19-16)17(21)20-15-10-4-7-12-6-2-3-8-13(12)15/h2-3,5-6,8-9,11,15H,4,7,10H2,1H3,(H,18,19)(H,20,21). The van der Waals surface area contributed by atoms with Crippen LogP contribution >= 0.6 is 0 Å². The Morgan fingerprint density at radius 3 is 2.95 bits per heavy atom. The largest absolute Gasteiger partial charge is 0.372 e. The Morgan fingerprint density at radius 1 is 1.24 bits per heavy atom. The highest BCUT2D eigenvalue weighted by atomic mass is 16.1. The first-order valence-electron chi connectivity index (χ1n) is 7.31. The number of anilines is 1. The number of hydrogen-bond acceptors (Lipinski definition) is 3. The number of pyridine rings is 1. The van der Waals surface area contributed by atoms with E-state index in [1.807, 2.05) is 6.07 Å². The van der Waals surface area contributed by atoms with Crippen molar-refractivity contribution >= 4 is 11.7 Å². The van der Waals surface area contributed by atoms with Gasteiger partial charge in [-0.25, -0.2) is 4.98 Å². The molecule has 0 bridgehead atoms. The van der Waals surface area contributed by atoms with Gasteiger partial charge in [-0.15, -0.1) is 0 Å². The maximum absolute atomic E-state index is 12.5. The number of nitrogens with zero attached hydrogens (tertiary/aromatic N) is 1. The third-order valence-electron chi connectivity index (χ3n) is 3.96. The minimum absolute atomic E-state index is 0.0749. The summed E-state index contributed by atoms with van der Waals surface area (Å²) in [7, 11) is 1.77. The van der Waals surface area contributed by atoms with Crippen LogP contribution in [0.1, 0.15) is 40.4 Å². The number of fused-ring (bicyclic) bond motifs is 1. The molecule has 0 radical (unpaired) electrons. The van der Waals surface area contributed by atoms with Crippen molar-refractivity contribution in [1.82, 2.24) is 10.3 Å². The van der Waals surface area contributed by atoms with Crippen molar-refractivity contribution in [1.29, 1.82) is 0 Å². The van der Waals surface area contributed by atoms with Gasteiger partial charge in [-0.1, -0.05) is 24.3 Å². The fraction of sp³-hybridized carbons (Fsp3) is 0.294. The number of nitrogens with one attached hydrogen (secondary N) is 2. The Bertz CT molecular complexity index is 654. The van der Waals surface area contributed by atoms with Crippen LogP contribution in [0.5, 0.6) is 0 Å². The second kappa shape index (κ2) is 5.95. The van der Waals surface area contributed by atoms with E-state index in [0.717, 1.165) is 19.3 Å². The van der Waals surface area contributed by atoms with Gasteiger partial charge in [0, 0.05) is 13.2 Å². The molecule has 108 valence electrons. The summed E-state index contributed by atoms with van der Waals surface area (Å²) >= 11 is 0. The first kappa shape index (κ1) is 13.6. The van der Waals surface area contributed by atoms with E-state index >= 15 is 0 Å². The van der Waals surface area contributed by atoms with Crippen LogP contribution in [0.3, 0.4) is 0 Å². The van der Waals surface area contributed by atoms with Crippen LogP contribution < -0.4 is 10.6 Å². The third kappa shape index (κ3) is 2.75. The first-order valence-corrected chi connectivity index (χ1v) is 7.31. The van der Waals surface area contributed by atoms with Gasteiger partial charge in [0.15, 0.2) is 0 Å². The van der Waals surface area contributed by atoms with Crippen molar-refractivity contribution in [2.24, 2.45) is 0 Å². The lowest BCUT2D eigenvalue weighted by molar-refractivity contribution is 0.0933. The Labute approximate surface area is 124 Å². The van der Waals surface area contributed by atoms with E-state index in [0.29, 0.717) is 11.4 Å². The van der Waals surface area contributed by atoms with Crippen LogP contribution in [0.15, 0.2) is 42.6 Å². The van der Waals surface area contributed by atoms with E-state index in [2.05, 4.69) is 33.8 Å². The predicted octanol–water partition coefficient (Wildman–Crippen LogP) is 2.93. The molecule has 2 N–H and O–H groups in total. The summed E-state index contributed by atoms with van der Waals surface area (Å²) in [6.07, 6.45) is 4.86. The van der Waals surface area contributed by atoms with E-state index < -0.39 is 0 Å². The molecule has 1 atom stereocenters. The average molecular weight is 281 g/mol. The van der Waals surface area contributed by atoms with Crippen LogP contribution in [0.4, 0.5) is 5.82 Å². The zero-order valence-corrected chi connectivity index (χ0v) is 12.1. The van der Waals surface area contributed by atoms with Gasteiger partial charge >= 0.3 is 0 Å². The molecule has 1 amide bonds. The molecule has 2 aromatic rings. The quantitative estimate of drug-likeness (QED) is 0.909. The van der Waals surface area contributed by atoms with Gasteiger partial charge in [0.05, 0.1) is 11.6 Å². The van der Waals surface area contributed by atoms with Gasteiger partial charge in [0.25, 0.3) is 5.91 Å². The number of carbonyl (C=O) groups is 1. The van der Waals surface area contributed by atoms with Crippen LogP contribution in [-0.2, 0) is 6.42 Å². The maximum atomic E-state index is 12.5. The average Bonchev–Trinajstić information content (AvgIpc) is 2.55. The Morgan fingerprint density at radius 2 is 2.10 bits per heavy atom. The van der Waals surface area contributed by atoms with E-state index in [1.165, 1.54) is 11.1 Å². The first-order chi connectivity index (χ1) is 10.3. The van der Waals surface area contributed by atoms with Crippen molar-refractivity contribution in [3.63, 3.8) is 0 Å². The van der Waals surface area contributed by atoms with Crippen molar-refractivity contribution in [3.8, 4) is 0 Å². The fourth-order valence-electron chi connectivity index (χ4n) is 2.93. The molecule has 0 saturated carbocycles. The van der Waals surface area contributed by atoms with Crippen LogP contribution in [0, 0.1) is 0 Å². The van der Waals surface area contributed by atoms with Crippen molar-refractivity contribution < 1.29 is 4.79 Å². The molecule has 0 spiro atoms. The maximum Gasteiger partial charge on any atom is 0.255 e. The fourth-order valence-corrected chi connectivity index (χ4v) is 2.93. The number of carbonyl (C=O) groups excluding carboxylic acids is 1. The number of aromatic nitrogens is 1. The number of benzene rings is 1. The van der Waals surface area contributed by atoms with Gasteiger partial charge in [-0.05, 0) is 42.5 Å². The predicted molar refractivity (Wildman–Crippen MR) is 83.4 cm³/mol. The van der Waals surface area contributed by atoms with Gasteiger partial charge in [-0.2, -0.15) is 0 Å². The highest BCUT2D eigenvalue weighted by Crippen LogP contribution is 2.29. The molecule has 4 nitrogen and oxygen atoms in total. The molecular weight excluding hydrogens is 262 g/mol. The van der Waals surface area contributed by atoms with Crippen LogP contribution in [0.2, 0.25) is 0 Å². The third-order valence-corrected chi connectivity index (χ3v) is 3.96. The van der Waals surface area contributed by atoms with E-state index in [1.54, 1.807) is 25.4 Å². The highest BCUT2D eigenvalue weighted by Gasteiger charge is 2.22. The Balaban J connectivity index is 1.83. The molecule has 0 fully saturated rings. The summed E-state index contributed by atoms with van der Waals surface area (Å²) in [5, 5.41) is 6.11. The summed E-state index contributed by atoms with van der Waals surface area (Å²) in [6, 6.07) is 12.0. The molecule has 0 saturated heterocycles. The normalized spacial score (nSPS) is 16.9. The van der Waals surface area contributed by atoms with Gasteiger partial charge in [0.2, 0.25) is 0 Å². The monoisotopic (exact) mass is 281 g/mol. The molecule has 0 aliphatic heterocycles. The number of hydrogen-bond donors (Lipinski definition) is 2. The molecule has 1 unspecified atom stereocenters. The second-order valence-corrected chi connectivity index (χ2v) is 5.27. The van der Waals surface area contributed by atoms with Crippen LogP contribution in [-0.4, -0.2) is 17.9 Å². The SMILES string of the molecule is CNc1ncccc1C(=O)NC1CCCc2ccccc21. The molecule has 1 heterocycles. The molecule has 1 aromatic heterocycles. The lowest BCUT2D eigenvalue weighted by Gasteiger charge is -2.26. The van der Waals surface area contributed by atoms with Gasteiger partial charge in [0.1, 0.15) is 5.82 Å². The number of amides is 1. The van der Waals surface area contributed by atoms with Gasteiger partial charge < -0.3 is 10.6 Å². The van der Waals surface area contributed by atoms with E-state index in [9.17, 15) is 4.79 Å². The zero-order valence-electron chi connectivity index (χ0n) is 12.1.